The molecule has 234 valence electrons. The maximum atomic E-state index is 8.91. The van der Waals surface area contributed by atoms with Gasteiger partial charge in [0, 0.05) is 0 Å². The van der Waals surface area contributed by atoms with Gasteiger partial charge in [-0.1, -0.05) is 19.3 Å². The van der Waals surface area contributed by atoms with E-state index in [9.17, 15) is 0 Å². The Morgan fingerprint density at radius 1 is 0.324 bits per heavy atom. The highest BCUT2D eigenvalue weighted by Crippen LogP contribution is 2.27. The third kappa shape index (κ3) is 591. The second-order valence-corrected chi connectivity index (χ2v) is 11.5. The largest absolute Gasteiger partial charge is 0.466 e. The molecule has 0 aromatic carbocycles. The van der Waals surface area contributed by atoms with Crippen LogP contribution in [0.3, 0.4) is 0 Å². The highest BCUT2D eigenvalue weighted by molar-refractivity contribution is 7.46. The fourth-order valence-electron chi connectivity index (χ4n) is 1.08. The second-order valence-electron chi connectivity index (χ2n) is 5.37. The van der Waals surface area contributed by atoms with E-state index in [0.29, 0.717) is 0 Å². The van der Waals surface area contributed by atoms with Gasteiger partial charge in [-0.15, -0.1) is 0 Å². The Balaban J connectivity index is -0.0000000762. The Hall–Kier alpha value is 0.620. The van der Waals surface area contributed by atoms with Crippen LogP contribution in [0.4, 0.5) is 0 Å². The molecule has 0 unspecified atom stereocenters. The van der Waals surface area contributed by atoms with Crippen LogP contribution in [0, 0.1) is 0 Å². The molecule has 0 spiro atoms. The molecule has 0 heterocycles. The summed E-state index contributed by atoms with van der Waals surface area (Å²) in [4.78, 5) is 129. The van der Waals surface area contributed by atoms with Gasteiger partial charge in [0.05, 0.1) is 6.10 Å². The molecule has 0 amide bonds. The SMILES string of the molecule is O=P(O)(O)O.O=P(O)(O)O.O=P(O)(O)O.O=P(O)(O)O.O=P(O)(O)O.O=P(O)(O)O.OC1CCCCC1. The summed E-state index contributed by atoms with van der Waals surface area (Å²) >= 11 is 0. The highest BCUT2D eigenvalue weighted by atomic mass is 31.2. The summed E-state index contributed by atoms with van der Waals surface area (Å²) in [6.07, 6.45) is 5.92. The van der Waals surface area contributed by atoms with Crippen molar-refractivity contribution in [1.82, 2.24) is 0 Å². The molecule has 0 bridgehead atoms. The van der Waals surface area contributed by atoms with Crippen molar-refractivity contribution in [2.45, 2.75) is 38.2 Å². The zero-order chi connectivity index (χ0) is 32.1. The molecule has 1 saturated carbocycles. The zero-order valence-corrected chi connectivity index (χ0v) is 23.1. The highest BCUT2D eigenvalue weighted by Gasteiger charge is 2.07. The van der Waals surface area contributed by atoms with Gasteiger partial charge < -0.3 is 93.2 Å². The molecule has 1 fully saturated rings. The first-order valence-corrected chi connectivity index (χ1v) is 17.2. The van der Waals surface area contributed by atoms with Gasteiger partial charge in [-0.2, -0.15) is 0 Å². The first kappa shape index (κ1) is 50.5. The molecule has 1 aliphatic rings. The summed E-state index contributed by atoms with van der Waals surface area (Å²) in [6.45, 7) is 0. The molecule has 0 saturated heterocycles. The van der Waals surface area contributed by atoms with E-state index in [1.54, 1.807) is 0 Å². The van der Waals surface area contributed by atoms with E-state index < -0.39 is 46.9 Å². The molecule has 37 heavy (non-hydrogen) atoms. The molecule has 0 aromatic heterocycles. The van der Waals surface area contributed by atoms with Crippen molar-refractivity contribution in [3.05, 3.63) is 0 Å². The maximum Gasteiger partial charge on any atom is 0.466 e. The van der Waals surface area contributed by atoms with Crippen LogP contribution in [0.15, 0.2) is 0 Å². The molecule has 1 aliphatic carbocycles. The molecule has 1 rings (SSSR count). The van der Waals surface area contributed by atoms with Crippen molar-refractivity contribution in [2.75, 3.05) is 0 Å². The minimum absolute atomic E-state index is 0.0359. The summed E-state index contributed by atoms with van der Waals surface area (Å²) in [7, 11) is -27.8. The monoisotopic (exact) mass is 688 g/mol. The standard InChI is InChI=1S/C6H12O.6H3O4P/c7-6-4-2-1-3-5-6;6*1-5(2,3)4/h6-7H,1-5H2;6*(H3,1,2,3,4). The van der Waals surface area contributed by atoms with E-state index in [0.717, 1.165) is 12.8 Å². The predicted molar refractivity (Wildman–Crippen MR) is 115 cm³/mol. The Kier molecular flexibility index (Phi) is 31.8. The first-order chi connectivity index (χ1) is 15.4. The van der Waals surface area contributed by atoms with Gasteiger partial charge in [0.25, 0.3) is 0 Å². The Morgan fingerprint density at radius 3 is 0.486 bits per heavy atom. The summed E-state index contributed by atoms with van der Waals surface area (Å²) in [6, 6.07) is 0. The van der Waals surface area contributed by atoms with Crippen molar-refractivity contribution >= 4 is 46.9 Å². The lowest BCUT2D eigenvalue weighted by Crippen LogP contribution is -2.09. The Labute approximate surface area is 206 Å². The van der Waals surface area contributed by atoms with Gasteiger partial charge in [-0.3, -0.25) is 0 Å². The first-order valence-electron chi connectivity index (χ1n) is 7.77. The minimum atomic E-state index is -4.64. The van der Waals surface area contributed by atoms with E-state index in [1.807, 2.05) is 0 Å². The van der Waals surface area contributed by atoms with Crippen LogP contribution in [0.2, 0.25) is 0 Å². The molecule has 19 N–H and O–H groups in total. The third-order valence-electron chi connectivity index (χ3n) is 1.57. The summed E-state index contributed by atoms with van der Waals surface area (Å²) in [5.41, 5.74) is 0. The van der Waals surface area contributed by atoms with Crippen molar-refractivity contribution in [2.24, 2.45) is 0 Å². The van der Waals surface area contributed by atoms with E-state index in [1.165, 1.54) is 19.3 Å². The number of aliphatic hydroxyl groups is 1. The topological polar surface area (TPSA) is 487 Å². The summed E-state index contributed by atoms with van der Waals surface area (Å²) in [5, 5.41) is 8.91. The lowest BCUT2D eigenvalue weighted by Gasteiger charge is -2.14. The number of hydrogen-bond donors (Lipinski definition) is 19. The second kappa shape index (κ2) is 23.3. The molecule has 0 atom stereocenters. The third-order valence-corrected chi connectivity index (χ3v) is 1.57. The predicted octanol–water partition coefficient (Wildman–Crippen LogP) is -4.26. The van der Waals surface area contributed by atoms with Crippen LogP contribution >= 0.6 is 46.9 Å². The normalized spacial score (nSPS) is 14.4. The van der Waals surface area contributed by atoms with Crippen molar-refractivity contribution < 1.29 is 121 Å². The average molecular weight is 688 g/mol. The molecule has 0 aliphatic heterocycles. The fourth-order valence-corrected chi connectivity index (χ4v) is 1.08. The number of phosphoric acid groups is 6. The van der Waals surface area contributed by atoms with Crippen LogP contribution in [-0.2, 0) is 27.4 Å². The van der Waals surface area contributed by atoms with Crippen LogP contribution < -0.4 is 0 Å². The summed E-state index contributed by atoms with van der Waals surface area (Å²) < 4.78 is 53.3. The molecule has 25 nitrogen and oxygen atoms in total. The minimum Gasteiger partial charge on any atom is -0.393 e. The van der Waals surface area contributed by atoms with Crippen molar-refractivity contribution in [3.63, 3.8) is 0 Å². The lowest BCUT2D eigenvalue weighted by molar-refractivity contribution is 0.130. The molecule has 31 heteroatoms. The Bertz CT molecular complexity index is 591. The van der Waals surface area contributed by atoms with Gasteiger partial charge in [0.15, 0.2) is 0 Å². The van der Waals surface area contributed by atoms with Crippen LogP contribution in [0.5, 0.6) is 0 Å². The molecular weight excluding hydrogens is 658 g/mol. The Morgan fingerprint density at radius 2 is 0.432 bits per heavy atom. The van der Waals surface area contributed by atoms with Gasteiger partial charge in [0.2, 0.25) is 0 Å². The van der Waals surface area contributed by atoms with Crippen LogP contribution in [0.1, 0.15) is 32.1 Å². The molecular formula is C6H30O25P6. The van der Waals surface area contributed by atoms with Gasteiger partial charge in [0.1, 0.15) is 0 Å². The van der Waals surface area contributed by atoms with E-state index in [-0.39, 0.29) is 6.10 Å². The van der Waals surface area contributed by atoms with Crippen molar-refractivity contribution in [1.29, 1.82) is 0 Å². The van der Waals surface area contributed by atoms with Gasteiger partial charge >= 0.3 is 46.9 Å². The van der Waals surface area contributed by atoms with Gasteiger partial charge in [-0.05, 0) is 12.8 Å². The molecule has 0 radical (unpaired) electrons. The number of rotatable bonds is 0. The van der Waals surface area contributed by atoms with Crippen LogP contribution in [-0.4, -0.2) is 99.3 Å². The fraction of sp³-hybridized carbons (Fsp3) is 1.00. The summed E-state index contributed by atoms with van der Waals surface area (Å²) in [5.74, 6) is 0. The van der Waals surface area contributed by atoms with Crippen molar-refractivity contribution in [3.8, 4) is 0 Å². The number of aliphatic hydroxyl groups excluding tert-OH is 1. The number of hydrogen-bond acceptors (Lipinski definition) is 7. The van der Waals surface area contributed by atoms with E-state index >= 15 is 0 Å². The average Bonchev–Trinajstić information content (AvgIpc) is 2.36. The molecule has 0 aromatic rings. The van der Waals surface area contributed by atoms with E-state index in [4.69, 9.17) is 121 Å². The van der Waals surface area contributed by atoms with Gasteiger partial charge in [-0.25, -0.2) is 27.4 Å². The van der Waals surface area contributed by atoms with E-state index in [2.05, 4.69) is 0 Å². The quantitative estimate of drug-likeness (QED) is 0.107. The zero-order valence-electron chi connectivity index (χ0n) is 17.7. The smallest absolute Gasteiger partial charge is 0.393 e. The lowest BCUT2D eigenvalue weighted by atomic mass is 9.98. The maximum absolute atomic E-state index is 8.91. The van der Waals surface area contributed by atoms with Crippen LogP contribution in [0.25, 0.3) is 0 Å².